The number of nitrogens with two attached hydrogens (primary N) is 1. The Morgan fingerprint density at radius 2 is 1.81 bits per heavy atom. The number of halogens is 3. The van der Waals surface area contributed by atoms with Crippen LogP contribution in [0.5, 0.6) is 0 Å². The van der Waals surface area contributed by atoms with E-state index in [-0.39, 0.29) is 11.4 Å². The van der Waals surface area contributed by atoms with Gasteiger partial charge in [0.25, 0.3) is 5.91 Å². The van der Waals surface area contributed by atoms with Gasteiger partial charge < -0.3 is 5.32 Å². The van der Waals surface area contributed by atoms with Gasteiger partial charge in [-0.15, -0.1) is 0 Å². The monoisotopic (exact) mass is 373 g/mol. The number of anilines is 2. The number of carbonyl (C=O) groups is 1. The zero-order valence-electron chi connectivity index (χ0n) is 13.8. The van der Waals surface area contributed by atoms with E-state index in [9.17, 15) is 18.0 Å². The van der Waals surface area contributed by atoms with Crippen LogP contribution in [0.2, 0.25) is 0 Å². The molecule has 6 nitrogen and oxygen atoms in total. The third-order valence-corrected chi connectivity index (χ3v) is 3.64. The summed E-state index contributed by atoms with van der Waals surface area (Å²) in [6.07, 6.45) is -1.68. The maximum Gasteiger partial charge on any atom is 0.416 e. The van der Waals surface area contributed by atoms with Gasteiger partial charge in [-0.3, -0.25) is 15.2 Å². The third-order valence-electron chi connectivity index (χ3n) is 3.64. The molecule has 0 aliphatic carbocycles. The van der Waals surface area contributed by atoms with Crippen molar-refractivity contribution in [3.05, 3.63) is 72.2 Å². The molecule has 0 bridgehead atoms. The molecule has 2 aromatic heterocycles. The summed E-state index contributed by atoms with van der Waals surface area (Å²) in [5.74, 6) is 4.46. The van der Waals surface area contributed by atoms with Crippen LogP contribution < -0.4 is 16.6 Å². The van der Waals surface area contributed by atoms with Crippen LogP contribution in [0.25, 0.3) is 11.3 Å². The molecule has 1 amide bonds. The summed E-state index contributed by atoms with van der Waals surface area (Å²) in [7, 11) is 0. The zero-order valence-corrected chi connectivity index (χ0v) is 13.8. The van der Waals surface area contributed by atoms with E-state index >= 15 is 0 Å². The van der Waals surface area contributed by atoms with Crippen LogP contribution in [0, 0.1) is 0 Å². The van der Waals surface area contributed by atoms with Gasteiger partial charge in [0.1, 0.15) is 5.69 Å². The lowest BCUT2D eigenvalue weighted by Crippen LogP contribution is -2.30. The highest BCUT2D eigenvalue weighted by Crippen LogP contribution is 2.35. The van der Waals surface area contributed by atoms with E-state index < -0.39 is 17.6 Å². The number of rotatable bonds is 4. The van der Waals surface area contributed by atoms with E-state index in [1.54, 1.807) is 24.3 Å². The number of nitrogens with zero attached hydrogens (tertiary/aromatic N) is 2. The van der Waals surface area contributed by atoms with Gasteiger partial charge in [-0.2, -0.15) is 13.2 Å². The van der Waals surface area contributed by atoms with Crippen LogP contribution in [-0.4, -0.2) is 15.9 Å². The van der Waals surface area contributed by atoms with Crippen LogP contribution in [0.1, 0.15) is 16.1 Å². The highest BCUT2D eigenvalue weighted by molar-refractivity contribution is 5.92. The number of hydrogen-bond acceptors (Lipinski definition) is 5. The molecule has 0 saturated carbocycles. The first-order valence-corrected chi connectivity index (χ1v) is 7.74. The molecular formula is C18H14F3N5O. The number of amides is 1. The summed E-state index contributed by atoms with van der Waals surface area (Å²) in [5.41, 5.74) is 2.58. The van der Waals surface area contributed by atoms with E-state index in [0.717, 1.165) is 12.1 Å². The average molecular weight is 373 g/mol. The van der Waals surface area contributed by atoms with Gasteiger partial charge in [0, 0.05) is 17.4 Å². The smallest absolute Gasteiger partial charge is 0.354 e. The number of hydrogen-bond donors (Lipinski definition) is 3. The maximum absolute atomic E-state index is 13.3. The van der Waals surface area contributed by atoms with Crippen LogP contribution in [0.15, 0.2) is 60.9 Å². The second-order valence-corrected chi connectivity index (χ2v) is 5.54. The molecule has 0 spiro atoms. The molecule has 2 heterocycles. The van der Waals surface area contributed by atoms with Crippen molar-refractivity contribution in [2.24, 2.45) is 5.84 Å². The molecular weight excluding hydrogens is 359 g/mol. The summed E-state index contributed by atoms with van der Waals surface area (Å²) in [5, 5.41) is 2.86. The first-order chi connectivity index (χ1) is 12.9. The second-order valence-electron chi connectivity index (χ2n) is 5.54. The minimum atomic E-state index is -4.51. The molecule has 0 saturated heterocycles. The number of aromatic nitrogens is 2. The lowest BCUT2D eigenvalue weighted by molar-refractivity contribution is -0.137. The minimum absolute atomic E-state index is 0.0845. The molecule has 138 valence electrons. The van der Waals surface area contributed by atoms with Gasteiger partial charge in [-0.1, -0.05) is 6.07 Å². The normalized spacial score (nSPS) is 11.1. The van der Waals surface area contributed by atoms with Gasteiger partial charge >= 0.3 is 6.18 Å². The Labute approximate surface area is 152 Å². The Hall–Kier alpha value is -3.46. The van der Waals surface area contributed by atoms with Crippen molar-refractivity contribution in [3.63, 3.8) is 0 Å². The van der Waals surface area contributed by atoms with Gasteiger partial charge in [0.15, 0.2) is 0 Å². The summed E-state index contributed by atoms with van der Waals surface area (Å²) < 4.78 is 39.8. The largest absolute Gasteiger partial charge is 0.416 e. The number of benzene rings is 1. The number of hydrazine groups is 1. The van der Waals surface area contributed by atoms with Crippen molar-refractivity contribution in [1.29, 1.82) is 0 Å². The second kappa shape index (κ2) is 7.42. The Morgan fingerprint density at radius 3 is 2.41 bits per heavy atom. The fraction of sp³-hybridized carbons (Fsp3) is 0.0556. The fourth-order valence-electron chi connectivity index (χ4n) is 2.39. The summed E-state index contributed by atoms with van der Waals surface area (Å²) >= 11 is 0. The maximum atomic E-state index is 13.3. The van der Waals surface area contributed by atoms with Gasteiger partial charge in [-0.05, 0) is 42.5 Å². The SMILES string of the molecule is NNC(=O)c1ccc(Nc2cc(-c3ccccn3)cc(C(F)(F)F)c2)cn1. The van der Waals surface area contributed by atoms with Gasteiger partial charge in [0.05, 0.1) is 23.1 Å². The van der Waals surface area contributed by atoms with E-state index in [2.05, 4.69) is 15.3 Å². The average Bonchev–Trinajstić information content (AvgIpc) is 2.68. The van der Waals surface area contributed by atoms with E-state index in [1.165, 1.54) is 24.5 Å². The zero-order chi connectivity index (χ0) is 19.4. The van der Waals surface area contributed by atoms with E-state index in [1.807, 2.05) is 5.43 Å². The van der Waals surface area contributed by atoms with Crippen molar-refractivity contribution >= 4 is 17.3 Å². The minimum Gasteiger partial charge on any atom is -0.354 e. The Morgan fingerprint density at radius 1 is 1.00 bits per heavy atom. The number of pyridine rings is 2. The molecule has 0 atom stereocenters. The molecule has 3 aromatic rings. The number of nitrogen functional groups attached to an aromatic ring is 1. The Kier molecular flexibility index (Phi) is 5.04. The molecule has 27 heavy (non-hydrogen) atoms. The fourth-order valence-corrected chi connectivity index (χ4v) is 2.39. The molecule has 9 heteroatoms. The summed E-state index contributed by atoms with van der Waals surface area (Å²) in [6.45, 7) is 0. The van der Waals surface area contributed by atoms with Crippen molar-refractivity contribution in [3.8, 4) is 11.3 Å². The van der Waals surface area contributed by atoms with E-state index in [4.69, 9.17) is 5.84 Å². The van der Waals surface area contributed by atoms with Crippen LogP contribution in [0.4, 0.5) is 24.5 Å². The molecule has 4 N–H and O–H groups in total. The lowest BCUT2D eigenvalue weighted by Gasteiger charge is -2.13. The number of nitrogens with one attached hydrogen (secondary N) is 2. The van der Waals surface area contributed by atoms with Gasteiger partial charge in [0.2, 0.25) is 0 Å². The standard InChI is InChI=1S/C18H14F3N5O/c19-18(20,21)12-7-11(15-3-1-2-6-23-15)8-14(9-12)25-13-4-5-16(24-10-13)17(27)26-22/h1-10,25H,22H2,(H,26,27). The Balaban J connectivity index is 1.96. The predicted octanol–water partition coefficient (Wildman–Crippen LogP) is 3.51. The van der Waals surface area contributed by atoms with Gasteiger partial charge in [-0.25, -0.2) is 10.8 Å². The van der Waals surface area contributed by atoms with Crippen LogP contribution in [0.3, 0.4) is 0 Å². The number of carbonyl (C=O) groups excluding carboxylic acids is 1. The van der Waals surface area contributed by atoms with E-state index in [0.29, 0.717) is 16.9 Å². The topological polar surface area (TPSA) is 92.9 Å². The molecule has 0 aliphatic heterocycles. The van der Waals surface area contributed by atoms with Crippen LogP contribution in [-0.2, 0) is 6.18 Å². The molecule has 0 unspecified atom stereocenters. The molecule has 0 fully saturated rings. The number of alkyl halides is 3. The molecule has 3 rings (SSSR count). The highest BCUT2D eigenvalue weighted by atomic mass is 19.4. The highest BCUT2D eigenvalue weighted by Gasteiger charge is 2.31. The summed E-state index contributed by atoms with van der Waals surface area (Å²) in [6, 6.07) is 11.5. The quantitative estimate of drug-likeness (QED) is 0.370. The van der Waals surface area contributed by atoms with Crippen LogP contribution >= 0.6 is 0 Å². The van der Waals surface area contributed by atoms with Crippen molar-refractivity contribution in [2.75, 3.05) is 5.32 Å². The van der Waals surface area contributed by atoms with Crippen molar-refractivity contribution in [1.82, 2.24) is 15.4 Å². The Bertz CT molecular complexity index is 943. The summed E-state index contributed by atoms with van der Waals surface area (Å²) in [4.78, 5) is 19.4. The first kappa shape index (κ1) is 18.3. The predicted molar refractivity (Wildman–Crippen MR) is 93.8 cm³/mol. The third kappa shape index (κ3) is 4.39. The van der Waals surface area contributed by atoms with Crippen molar-refractivity contribution in [2.45, 2.75) is 6.18 Å². The lowest BCUT2D eigenvalue weighted by atomic mass is 10.1. The molecule has 0 aliphatic rings. The molecule has 1 aromatic carbocycles. The van der Waals surface area contributed by atoms with Crippen molar-refractivity contribution < 1.29 is 18.0 Å². The first-order valence-electron chi connectivity index (χ1n) is 7.74. The molecule has 0 radical (unpaired) electrons.